The van der Waals surface area contributed by atoms with Gasteiger partial charge in [-0.05, 0) is 12.1 Å². The van der Waals surface area contributed by atoms with Crippen LogP contribution in [0, 0.1) is 0 Å². The Morgan fingerprint density at radius 2 is 1.58 bits per heavy atom. The van der Waals surface area contributed by atoms with E-state index >= 15 is 0 Å². The molecule has 0 aromatic heterocycles. The summed E-state index contributed by atoms with van der Waals surface area (Å²) >= 11 is 3.77. The standard InChI is InChI=1S/C7H6I2O2S/c8-7(9)12(10,11)6-4-2-1-3-5-6/h1-5,7H. The van der Waals surface area contributed by atoms with Crippen LogP contribution in [0.15, 0.2) is 35.2 Å². The highest BCUT2D eigenvalue weighted by Crippen LogP contribution is 2.24. The van der Waals surface area contributed by atoms with E-state index in [2.05, 4.69) is 0 Å². The molecule has 0 amide bonds. The molecular formula is C7H6I2O2S. The lowest BCUT2D eigenvalue weighted by Crippen LogP contribution is -2.07. The molecule has 0 aliphatic rings. The highest BCUT2D eigenvalue weighted by atomic mass is 127. The Morgan fingerprint density at radius 1 is 1.08 bits per heavy atom. The number of hydrogen-bond acceptors (Lipinski definition) is 2. The summed E-state index contributed by atoms with van der Waals surface area (Å²) in [6.07, 6.45) is 0. The summed E-state index contributed by atoms with van der Waals surface area (Å²) < 4.78 is 22.6. The molecule has 0 bridgehead atoms. The highest BCUT2D eigenvalue weighted by molar-refractivity contribution is 14.2. The zero-order chi connectivity index (χ0) is 9.19. The molecule has 0 aliphatic heterocycles. The summed E-state index contributed by atoms with van der Waals surface area (Å²) in [6.45, 7) is 0. The first-order chi connectivity index (χ1) is 5.55. The minimum Gasteiger partial charge on any atom is -0.222 e. The van der Waals surface area contributed by atoms with Gasteiger partial charge in [0.1, 0.15) is 0 Å². The fourth-order valence-electron chi connectivity index (χ4n) is 0.713. The maximum Gasteiger partial charge on any atom is 0.199 e. The van der Waals surface area contributed by atoms with Crippen molar-refractivity contribution < 1.29 is 8.42 Å². The van der Waals surface area contributed by atoms with Crippen molar-refractivity contribution in [3.63, 3.8) is 0 Å². The first-order valence-electron chi connectivity index (χ1n) is 3.12. The Hall–Kier alpha value is 0.630. The summed E-state index contributed by atoms with van der Waals surface area (Å²) in [5, 5.41) is 0. The van der Waals surface area contributed by atoms with Crippen LogP contribution in [0.25, 0.3) is 0 Å². The number of hydrogen-bond donors (Lipinski definition) is 0. The summed E-state index contributed by atoms with van der Waals surface area (Å²) in [4.78, 5) is 0.388. The molecule has 0 saturated heterocycles. The molecule has 12 heavy (non-hydrogen) atoms. The number of halogens is 2. The molecule has 0 heterocycles. The second-order valence-electron chi connectivity index (χ2n) is 2.12. The molecule has 1 aromatic carbocycles. The number of alkyl halides is 2. The maximum absolute atomic E-state index is 11.5. The summed E-state index contributed by atoms with van der Waals surface area (Å²) in [6, 6.07) is 8.47. The molecule has 1 rings (SSSR count). The third-order valence-corrected chi connectivity index (χ3v) is 6.72. The number of sulfone groups is 1. The van der Waals surface area contributed by atoms with Crippen LogP contribution in [0.5, 0.6) is 0 Å². The van der Waals surface area contributed by atoms with Crippen LogP contribution < -0.4 is 0 Å². The van der Waals surface area contributed by atoms with E-state index in [0.717, 1.165) is 0 Å². The fourth-order valence-corrected chi connectivity index (χ4v) is 3.22. The number of benzene rings is 1. The summed E-state index contributed by atoms with van der Waals surface area (Å²) in [5.41, 5.74) is 0. The lowest BCUT2D eigenvalue weighted by Gasteiger charge is -2.03. The van der Waals surface area contributed by atoms with Crippen molar-refractivity contribution in [2.45, 2.75) is 6.16 Å². The van der Waals surface area contributed by atoms with Gasteiger partial charge in [0, 0.05) is 0 Å². The van der Waals surface area contributed by atoms with Crippen LogP contribution in [0.1, 0.15) is 0 Å². The second kappa shape index (κ2) is 4.23. The quantitative estimate of drug-likeness (QED) is 0.557. The Bertz CT molecular complexity index is 345. The van der Waals surface area contributed by atoms with Crippen LogP contribution in [0.2, 0.25) is 0 Å². The topological polar surface area (TPSA) is 34.1 Å². The Labute approximate surface area is 98.9 Å². The van der Waals surface area contributed by atoms with Crippen LogP contribution in [-0.4, -0.2) is 9.68 Å². The van der Waals surface area contributed by atoms with Gasteiger partial charge in [0.2, 0.25) is 0 Å². The largest absolute Gasteiger partial charge is 0.222 e. The van der Waals surface area contributed by atoms with Crippen LogP contribution >= 0.6 is 45.2 Å². The molecular weight excluding hydrogens is 402 g/mol. The van der Waals surface area contributed by atoms with Crippen LogP contribution in [0.4, 0.5) is 0 Å². The average Bonchev–Trinajstić information content (AvgIpc) is 2.06. The van der Waals surface area contributed by atoms with Gasteiger partial charge in [0.15, 0.2) is 11.1 Å². The third kappa shape index (κ3) is 2.32. The average molecular weight is 408 g/mol. The molecule has 0 radical (unpaired) electrons. The molecule has 5 heteroatoms. The lowest BCUT2D eigenvalue weighted by atomic mass is 10.4. The van der Waals surface area contributed by atoms with Crippen molar-refractivity contribution in [1.29, 1.82) is 0 Å². The van der Waals surface area contributed by atoms with E-state index in [1.165, 1.54) is 0 Å². The van der Waals surface area contributed by atoms with Crippen molar-refractivity contribution in [2.24, 2.45) is 0 Å². The highest BCUT2D eigenvalue weighted by Gasteiger charge is 2.20. The van der Waals surface area contributed by atoms with Gasteiger partial charge in [-0.2, -0.15) is 0 Å². The van der Waals surface area contributed by atoms with Gasteiger partial charge in [-0.15, -0.1) is 0 Å². The molecule has 0 aliphatic carbocycles. The molecule has 66 valence electrons. The smallest absolute Gasteiger partial charge is 0.199 e. The zero-order valence-corrected chi connectivity index (χ0v) is 11.1. The van der Waals surface area contributed by atoms with E-state index in [4.69, 9.17) is 0 Å². The number of rotatable bonds is 2. The van der Waals surface area contributed by atoms with Crippen molar-refractivity contribution in [1.82, 2.24) is 0 Å². The summed E-state index contributed by atoms with van der Waals surface area (Å²) in [5.74, 6) is 0. The van der Waals surface area contributed by atoms with E-state index in [-0.39, 0.29) is 0 Å². The van der Waals surface area contributed by atoms with Gasteiger partial charge in [0.05, 0.1) is 4.90 Å². The van der Waals surface area contributed by atoms with Gasteiger partial charge in [-0.25, -0.2) is 8.42 Å². The van der Waals surface area contributed by atoms with E-state index in [1.54, 1.807) is 30.3 Å². The first kappa shape index (κ1) is 10.7. The predicted molar refractivity (Wildman–Crippen MR) is 65.5 cm³/mol. The van der Waals surface area contributed by atoms with Gasteiger partial charge < -0.3 is 0 Å². The molecule has 0 N–H and O–H groups in total. The van der Waals surface area contributed by atoms with E-state index in [9.17, 15) is 8.42 Å². The van der Waals surface area contributed by atoms with Crippen molar-refractivity contribution in [3.05, 3.63) is 30.3 Å². The Morgan fingerprint density at radius 3 is 2.00 bits per heavy atom. The minimum atomic E-state index is -3.10. The summed E-state index contributed by atoms with van der Waals surface area (Å²) in [7, 11) is -3.10. The van der Waals surface area contributed by atoms with Gasteiger partial charge in [0.25, 0.3) is 0 Å². The monoisotopic (exact) mass is 408 g/mol. The molecule has 0 unspecified atom stereocenters. The van der Waals surface area contributed by atoms with E-state index < -0.39 is 11.1 Å². The molecule has 0 saturated carbocycles. The normalized spacial score (nSPS) is 11.9. The molecule has 0 atom stereocenters. The zero-order valence-electron chi connectivity index (χ0n) is 5.94. The van der Waals surface area contributed by atoms with Crippen molar-refractivity contribution >= 4 is 55.0 Å². The molecule has 0 spiro atoms. The van der Waals surface area contributed by atoms with Crippen LogP contribution in [-0.2, 0) is 9.84 Å². The van der Waals surface area contributed by atoms with E-state index in [1.807, 2.05) is 45.2 Å². The van der Waals surface area contributed by atoms with Crippen molar-refractivity contribution in [2.75, 3.05) is 0 Å². The lowest BCUT2D eigenvalue weighted by molar-refractivity contribution is 0.600. The first-order valence-corrected chi connectivity index (χ1v) is 7.16. The SMILES string of the molecule is O=S(=O)(c1ccccc1)C(I)I. The van der Waals surface area contributed by atoms with E-state index in [0.29, 0.717) is 4.90 Å². The molecule has 1 aromatic rings. The van der Waals surface area contributed by atoms with Crippen LogP contribution in [0.3, 0.4) is 0 Å². The fraction of sp³-hybridized carbons (Fsp3) is 0.143. The van der Waals surface area contributed by atoms with Gasteiger partial charge in [-0.3, -0.25) is 0 Å². The minimum absolute atomic E-state index is 0.388. The van der Waals surface area contributed by atoms with Crippen molar-refractivity contribution in [3.8, 4) is 0 Å². The van der Waals surface area contributed by atoms with Gasteiger partial charge in [-0.1, -0.05) is 63.4 Å². The second-order valence-corrected chi connectivity index (χ2v) is 10.7. The molecule has 0 fully saturated rings. The molecule has 2 nitrogen and oxygen atoms in total. The Kier molecular flexibility index (Phi) is 3.77. The Balaban J connectivity index is 3.17. The predicted octanol–water partition coefficient (Wildman–Crippen LogP) is 2.61. The van der Waals surface area contributed by atoms with Gasteiger partial charge >= 0.3 is 0 Å². The maximum atomic E-state index is 11.5. The third-order valence-electron chi connectivity index (χ3n) is 1.31.